The summed E-state index contributed by atoms with van der Waals surface area (Å²) < 4.78 is 0. The van der Waals surface area contributed by atoms with Crippen LogP contribution in [0.5, 0.6) is 0 Å². The Labute approximate surface area is 252 Å². The van der Waals surface area contributed by atoms with Crippen molar-refractivity contribution in [2.75, 3.05) is 18.5 Å². The van der Waals surface area contributed by atoms with Crippen LogP contribution in [0.25, 0.3) is 22.2 Å². The van der Waals surface area contributed by atoms with E-state index in [1.807, 2.05) is 54.9 Å². The van der Waals surface area contributed by atoms with E-state index in [9.17, 15) is 9.59 Å². The molecule has 43 heavy (non-hydrogen) atoms. The maximum absolute atomic E-state index is 13.6. The number of carbonyl (C=O) groups excluding carboxylic acids is 2. The number of hydrogen-bond acceptors (Lipinski definition) is 7. The molecule has 1 amide bonds. The normalized spacial score (nSPS) is 18.6. The fraction of sp³-hybridized carbons (Fsp3) is 0.353. The van der Waals surface area contributed by atoms with Crippen molar-refractivity contribution in [2.24, 2.45) is 38.7 Å². The lowest BCUT2D eigenvalue weighted by Gasteiger charge is -2.27. The van der Waals surface area contributed by atoms with Gasteiger partial charge >= 0.3 is 0 Å². The van der Waals surface area contributed by atoms with Gasteiger partial charge in [0.25, 0.3) is 0 Å². The minimum atomic E-state index is -0.485. The molecular formula is C34H39N7O2. The largest absolute Gasteiger partial charge is 0.346 e. The third-order valence-electron chi connectivity index (χ3n) is 8.48. The van der Waals surface area contributed by atoms with Crippen LogP contribution in [0, 0.1) is 17.8 Å². The standard InChI is InChI=1S/C33H35N7O2.CH4/c34-18-22-3-7-24(8-4-22)30(41)17-27(33(42)39-29-11-9-25(10-12-29)32-37-20-38-40-32)15-21-1-5-23(6-2-21)28-16-26-13-14-35-31(26)36-19-28;/h1-2,5-6,9-14,16,19,22,24,27H,3-4,7-8,15,17-18,20,34H2,(H,35,36)(H,39,42);1H4/t22?,24?,27-;/m1./s1. The number of nitrogens with one attached hydrogen (secondary N) is 2. The quantitative estimate of drug-likeness (QED) is 0.196. The summed E-state index contributed by atoms with van der Waals surface area (Å²) >= 11 is 0. The number of amides is 1. The zero-order valence-corrected chi connectivity index (χ0v) is 23.5. The number of carbonyl (C=O) groups is 2. The fourth-order valence-electron chi connectivity index (χ4n) is 5.93. The van der Waals surface area contributed by atoms with Gasteiger partial charge in [-0.15, -0.1) is 5.11 Å². The molecular weight excluding hydrogens is 538 g/mol. The number of aliphatic imine (C=N–C) groups is 1. The number of nitrogens with two attached hydrogens (primary N) is 1. The molecule has 4 N–H and O–H groups in total. The summed E-state index contributed by atoms with van der Waals surface area (Å²) in [4.78, 5) is 38.9. The van der Waals surface area contributed by atoms with Crippen LogP contribution < -0.4 is 11.1 Å². The van der Waals surface area contributed by atoms with Crippen molar-refractivity contribution in [1.29, 1.82) is 0 Å². The van der Waals surface area contributed by atoms with Crippen molar-refractivity contribution in [1.82, 2.24) is 9.97 Å². The molecule has 1 fully saturated rings. The second kappa shape index (κ2) is 13.6. The van der Waals surface area contributed by atoms with Crippen LogP contribution in [0.15, 0.2) is 88.3 Å². The zero-order chi connectivity index (χ0) is 28.9. The van der Waals surface area contributed by atoms with Gasteiger partial charge in [0.15, 0.2) is 12.5 Å². The molecule has 0 radical (unpaired) electrons. The van der Waals surface area contributed by atoms with E-state index in [1.54, 1.807) is 0 Å². The Kier molecular flexibility index (Phi) is 9.51. The lowest BCUT2D eigenvalue weighted by Crippen LogP contribution is -2.31. The van der Waals surface area contributed by atoms with Gasteiger partial charge in [0.2, 0.25) is 5.91 Å². The number of fused-ring (bicyclic) bond motifs is 1. The molecule has 222 valence electrons. The van der Waals surface area contributed by atoms with Gasteiger partial charge in [0, 0.05) is 52.9 Å². The first kappa shape index (κ1) is 30.0. The number of amidine groups is 1. The van der Waals surface area contributed by atoms with Crippen molar-refractivity contribution in [3.05, 3.63) is 84.2 Å². The molecule has 0 unspecified atom stereocenters. The molecule has 1 saturated carbocycles. The number of Topliss-reactive ketones (excluding diaryl/α,β-unsaturated/α-hetero) is 1. The van der Waals surface area contributed by atoms with Crippen molar-refractivity contribution < 1.29 is 9.59 Å². The SMILES string of the molecule is C.NCC1CCC(C(=O)C[C@@H](Cc2ccc(-c3cnc4[nH]ccc4c3)cc2)C(=O)Nc2ccc(C3=NCN=N3)cc2)CC1. The first-order valence-electron chi connectivity index (χ1n) is 14.6. The number of nitrogens with zero attached hydrogens (tertiary/aromatic N) is 4. The van der Waals surface area contributed by atoms with Gasteiger partial charge in [-0.05, 0) is 92.1 Å². The molecule has 3 heterocycles. The molecule has 2 aliphatic rings. The van der Waals surface area contributed by atoms with Crippen molar-refractivity contribution in [3.8, 4) is 11.1 Å². The number of H-pyrrole nitrogens is 1. The Hall–Kier alpha value is -4.50. The predicted molar refractivity (Wildman–Crippen MR) is 171 cm³/mol. The lowest BCUT2D eigenvalue weighted by molar-refractivity contribution is -0.129. The highest BCUT2D eigenvalue weighted by molar-refractivity contribution is 6.01. The maximum atomic E-state index is 13.6. The van der Waals surface area contributed by atoms with E-state index in [2.05, 4.69) is 48.7 Å². The molecule has 9 heteroatoms. The van der Waals surface area contributed by atoms with E-state index in [0.29, 0.717) is 37.1 Å². The third-order valence-corrected chi connectivity index (χ3v) is 8.48. The molecule has 2 aromatic heterocycles. The van der Waals surface area contributed by atoms with Gasteiger partial charge in [0.05, 0.1) is 0 Å². The van der Waals surface area contributed by atoms with Gasteiger partial charge in [-0.25, -0.2) is 9.98 Å². The van der Waals surface area contributed by atoms with Crippen LogP contribution in [0.4, 0.5) is 5.69 Å². The van der Waals surface area contributed by atoms with Gasteiger partial charge in [-0.1, -0.05) is 31.7 Å². The number of aromatic amines is 1. The Morgan fingerprint density at radius 2 is 1.70 bits per heavy atom. The molecule has 1 aliphatic heterocycles. The van der Waals surface area contributed by atoms with Gasteiger partial charge in [-0.2, -0.15) is 5.11 Å². The highest BCUT2D eigenvalue weighted by Crippen LogP contribution is 2.31. The summed E-state index contributed by atoms with van der Waals surface area (Å²) in [6.45, 7) is 1.02. The monoisotopic (exact) mass is 577 g/mol. The predicted octanol–water partition coefficient (Wildman–Crippen LogP) is 6.56. The number of benzene rings is 2. The zero-order valence-electron chi connectivity index (χ0n) is 23.5. The molecule has 6 rings (SSSR count). The maximum Gasteiger partial charge on any atom is 0.228 e. The molecule has 1 aliphatic carbocycles. The number of ketones is 1. The van der Waals surface area contributed by atoms with Crippen molar-refractivity contribution >= 4 is 34.2 Å². The first-order chi connectivity index (χ1) is 20.6. The summed E-state index contributed by atoms with van der Waals surface area (Å²) in [5.74, 6) is 0.624. The number of anilines is 1. The number of azo groups is 1. The summed E-state index contributed by atoms with van der Waals surface area (Å²) in [6.07, 6.45) is 8.09. The molecule has 2 aromatic carbocycles. The topological polar surface area (TPSA) is 138 Å². The fourth-order valence-corrected chi connectivity index (χ4v) is 5.93. The second-order valence-corrected chi connectivity index (χ2v) is 11.3. The molecule has 0 saturated heterocycles. The smallest absolute Gasteiger partial charge is 0.228 e. The van der Waals surface area contributed by atoms with E-state index in [-0.39, 0.29) is 31.5 Å². The van der Waals surface area contributed by atoms with Crippen molar-refractivity contribution in [3.63, 3.8) is 0 Å². The number of rotatable bonds is 10. The van der Waals surface area contributed by atoms with Crippen molar-refractivity contribution in [2.45, 2.75) is 46.0 Å². The average Bonchev–Trinajstić information content (AvgIpc) is 3.74. The lowest BCUT2D eigenvalue weighted by atomic mass is 9.77. The van der Waals surface area contributed by atoms with Crippen LogP contribution in [0.2, 0.25) is 0 Å². The van der Waals surface area contributed by atoms with Crippen LogP contribution in [-0.2, 0) is 16.0 Å². The van der Waals surface area contributed by atoms with Crippen LogP contribution in [-0.4, -0.2) is 40.7 Å². The van der Waals surface area contributed by atoms with E-state index >= 15 is 0 Å². The summed E-state index contributed by atoms with van der Waals surface area (Å²) in [6, 6.07) is 19.7. The first-order valence-corrected chi connectivity index (χ1v) is 14.6. The third kappa shape index (κ3) is 7.11. The molecule has 4 aromatic rings. The number of aromatic nitrogens is 2. The van der Waals surface area contributed by atoms with E-state index < -0.39 is 5.92 Å². The van der Waals surface area contributed by atoms with Gasteiger partial charge < -0.3 is 16.0 Å². The highest BCUT2D eigenvalue weighted by atomic mass is 16.2. The number of pyridine rings is 1. The highest BCUT2D eigenvalue weighted by Gasteiger charge is 2.30. The molecule has 1 atom stereocenters. The molecule has 9 nitrogen and oxygen atoms in total. The average molecular weight is 578 g/mol. The van der Waals surface area contributed by atoms with Crippen LogP contribution in [0.3, 0.4) is 0 Å². The summed E-state index contributed by atoms with van der Waals surface area (Å²) in [5.41, 5.74) is 11.3. The summed E-state index contributed by atoms with van der Waals surface area (Å²) in [5, 5.41) is 12.0. The Morgan fingerprint density at radius 3 is 2.40 bits per heavy atom. The summed E-state index contributed by atoms with van der Waals surface area (Å²) in [7, 11) is 0. The van der Waals surface area contributed by atoms with Crippen LogP contribution in [0.1, 0.15) is 50.7 Å². The van der Waals surface area contributed by atoms with Gasteiger partial charge in [0.1, 0.15) is 11.4 Å². The number of hydrogen-bond donors (Lipinski definition) is 3. The molecule has 0 bridgehead atoms. The second-order valence-electron chi connectivity index (χ2n) is 11.3. The Balaban J connectivity index is 0.00000368. The van der Waals surface area contributed by atoms with E-state index in [4.69, 9.17) is 5.73 Å². The minimum absolute atomic E-state index is 0. The van der Waals surface area contributed by atoms with Gasteiger partial charge in [-0.3, -0.25) is 9.59 Å². The molecule has 0 spiro atoms. The van der Waals surface area contributed by atoms with Crippen LogP contribution >= 0.6 is 0 Å². The Bertz CT molecular complexity index is 1610. The van der Waals surface area contributed by atoms with E-state index in [0.717, 1.165) is 59.0 Å². The van der Waals surface area contributed by atoms with E-state index in [1.165, 1.54) is 0 Å². The minimum Gasteiger partial charge on any atom is -0.346 e. The Morgan fingerprint density at radius 1 is 0.953 bits per heavy atom.